The fourth-order valence-corrected chi connectivity index (χ4v) is 9.32. The van der Waals surface area contributed by atoms with Crippen LogP contribution in [0.2, 0.25) is 5.02 Å². The predicted octanol–water partition coefficient (Wildman–Crippen LogP) is 6.53. The zero-order chi connectivity index (χ0) is 24.4. The van der Waals surface area contributed by atoms with E-state index in [9.17, 15) is 9.59 Å². The first-order valence-electron chi connectivity index (χ1n) is 13.9. The van der Waals surface area contributed by atoms with Crippen molar-refractivity contribution in [3.63, 3.8) is 0 Å². The molecule has 2 unspecified atom stereocenters. The van der Waals surface area contributed by atoms with E-state index in [0.717, 1.165) is 55.7 Å². The number of anilines is 1. The third-order valence-electron chi connectivity index (χ3n) is 11.0. The van der Waals surface area contributed by atoms with Gasteiger partial charge in [0.1, 0.15) is 0 Å². The van der Waals surface area contributed by atoms with Crippen LogP contribution in [0.15, 0.2) is 36.4 Å². The Labute approximate surface area is 214 Å². The van der Waals surface area contributed by atoms with E-state index >= 15 is 0 Å². The molecule has 1 heterocycles. The summed E-state index contributed by atoms with van der Waals surface area (Å²) in [7, 11) is 0. The molecular formula is C30H39ClN2O2. The minimum atomic E-state index is 0.0411. The first-order valence-corrected chi connectivity index (χ1v) is 14.3. The van der Waals surface area contributed by atoms with Crippen LogP contribution in [-0.4, -0.2) is 23.9 Å². The predicted molar refractivity (Wildman–Crippen MR) is 140 cm³/mol. The lowest BCUT2D eigenvalue weighted by atomic mass is 9.48. The number of hydrogen-bond acceptors (Lipinski definition) is 2. The summed E-state index contributed by atoms with van der Waals surface area (Å²) < 4.78 is 0. The second-order valence-electron chi connectivity index (χ2n) is 12.5. The van der Waals surface area contributed by atoms with Gasteiger partial charge < -0.3 is 10.2 Å². The van der Waals surface area contributed by atoms with Gasteiger partial charge in [-0.25, -0.2) is 0 Å². The number of hydrogen-bond donors (Lipinski definition) is 1. The van der Waals surface area contributed by atoms with Crippen LogP contribution in [0.25, 0.3) is 0 Å². The number of fused-ring (bicyclic) bond motifs is 5. The van der Waals surface area contributed by atoms with Gasteiger partial charge in [0.05, 0.1) is 0 Å². The normalized spacial score (nSPS) is 40.5. The van der Waals surface area contributed by atoms with E-state index in [2.05, 4.69) is 30.1 Å². The van der Waals surface area contributed by atoms with Crippen molar-refractivity contribution in [3.05, 3.63) is 41.4 Å². The van der Waals surface area contributed by atoms with Gasteiger partial charge in [0.15, 0.2) is 0 Å². The molecule has 2 amide bonds. The van der Waals surface area contributed by atoms with E-state index in [0.29, 0.717) is 29.7 Å². The quantitative estimate of drug-likeness (QED) is 0.519. The molecule has 0 saturated heterocycles. The van der Waals surface area contributed by atoms with Crippen LogP contribution in [0.4, 0.5) is 5.69 Å². The number of benzene rings is 1. The molecule has 1 aliphatic heterocycles. The van der Waals surface area contributed by atoms with Crippen LogP contribution in [-0.2, 0) is 9.59 Å². The number of nitrogens with one attached hydrogen (secondary N) is 1. The van der Waals surface area contributed by atoms with Gasteiger partial charge >= 0.3 is 0 Å². The number of carbonyl (C=O) groups excluding carboxylic acids is 2. The zero-order valence-electron chi connectivity index (χ0n) is 21.1. The van der Waals surface area contributed by atoms with E-state index in [1.807, 2.05) is 24.3 Å². The minimum absolute atomic E-state index is 0.0411. The molecule has 4 saturated carbocycles. The summed E-state index contributed by atoms with van der Waals surface area (Å²) in [5.74, 6) is 2.33. The smallest absolute Gasteiger partial charge is 0.243 e. The van der Waals surface area contributed by atoms with E-state index in [1.54, 1.807) is 6.08 Å². The van der Waals surface area contributed by atoms with Gasteiger partial charge in [-0.3, -0.25) is 9.59 Å². The highest BCUT2D eigenvalue weighted by Gasteiger charge is 2.61. The monoisotopic (exact) mass is 494 g/mol. The summed E-state index contributed by atoms with van der Waals surface area (Å²) in [4.78, 5) is 28.6. The van der Waals surface area contributed by atoms with E-state index in [-0.39, 0.29) is 28.7 Å². The van der Waals surface area contributed by atoms with Crippen molar-refractivity contribution in [2.24, 2.45) is 34.5 Å². The third-order valence-corrected chi connectivity index (χ3v) is 11.3. The molecule has 188 valence electrons. The maximum absolute atomic E-state index is 14.4. The van der Waals surface area contributed by atoms with Crippen LogP contribution in [0, 0.1) is 34.5 Å². The maximum Gasteiger partial charge on any atom is 0.243 e. The van der Waals surface area contributed by atoms with Crippen LogP contribution >= 0.6 is 11.6 Å². The van der Waals surface area contributed by atoms with E-state index in [1.165, 1.54) is 19.3 Å². The SMILES string of the molecule is C[C@]12C=CC(=O)NC1CC[C@@H]1[C@H]2CC[C@]2(C)C(C(=O)N(c3ccc(Cl)cc3)C3CCCC3)CC[C@@H]12. The van der Waals surface area contributed by atoms with Crippen LogP contribution in [0.5, 0.6) is 0 Å². The maximum atomic E-state index is 14.4. The largest absolute Gasteiger partial charge is 0.349 e. The lowest BCUT2D eigenvalue weighted by Crippen LogP contribution is -2.59. The summed E-state index contributed by atoms with van der Waals surface area (Å²) >= 11 is 6.20. The summed E-state index contributed by atoms with van der Waals surface area (Å²) in [6.07, 6.45) is 15.2. The van der Waals surface area contributed by atoms with Crippen molar-refractivity contribution in [3.8, 4) is 0 Å². The van der Waals surface area contributed by atoms with Crippen molar-refractivity contribution in [2.45, 2.75) is 90.1 Å². The topological polar surface area (TPSA) is 49.4 Å². The molecular weight excluding hydrogens is 456 g/mol. The summed E-state index contributed by atoms with van der Waals surface area (Å²) in [5, 5.41) is 3.98. The van der Waals surface area contributed by atoms with Crippen LogP contribution in [0.1, 0.15) is 78.1 Å². The molecule has 5 heteroatoms. The molecule has 0 bridgehead atoms. The average molecular weight is 495 g/mol. The van der Waals surface area contributed by atoms with Crippen molar-refractivity contribution >= 4 is 29.1 Å². The fourth-order valence-electron chi connectivity index (χ4n) is 9.19. The summed E-state index contributed by atoms with van der Waals surface area (Å²) in [5.41, 5.74) is 1.12. The van der Waals surface area contributed by atoms with Gasteiger partial charge in [-0.1, -0.05) is 44.4 Å². The zero-order valence-corrected chi connectivity index (χ0v) is 21.9. The van der Waals surface area contributed by atoms with Gasteiger partial charge in [-0.05, 0) is 105 Å². The van der Waals surface area contributed by atoms with Gasteiger partial charge in [0, 0.05) is 34.1 Å². The lowest BCUT2D eigenvalue weighted by molar-refractivity contribution is -0.132. The van der Waals surface area contributed by atoms with E-state index in [4.69, 9.17) is 11.6 Å². The Balaban J connectivity index is 1.28. The first kappa shape index (κ1) is 23.6. The molecule has 1 aromatic rings. The first-order chi connectivity index (χ1) is 16.8. The van der Waals surface area contributed by atoms with Crippen molar-refractivity contribution < 1.29 is 9.59 Å². The lowest BCUT2D eigenvalue weighted by Gasteiger charge is -2.58. The Kier molecular flexibility index (Phi) is 5.82. The van der Waals surface area contributed by atoms with Crippen LogP contribution in [0.3, 0.4) is 0 Å². The van der Waals surface area contributed by atoms with Crippen LogP contribution < -0.4 is 10.2 Å². The molecule has 7 atom stereocenters. The van der Waals surface area contributed by atoms with Crippen molar-refractivity contribution in [1.82, 2.24) is 5.32 Å². The Hall–Kier alpha value is -1.81. The van der Waals surface area contributed by atoms with Gasteiger partial charge in [-0.15, -0.1) is 0 Å². The molecule has 0 radical (unpaired) electrons. The molecule has 6 rings (SSSR count). The molecule has 35 heavy (non-hydrogen) atoms. The summed E-state index contributed by atoms with van der Waals surface area (Å²) in [6.45, 7) is 4.80. The second kappa shape index (κ2) is 8.64. The summed E-state index contributed by atoms with van der Waals surface area (Å²) in [6, 6.07) is 8.49. The average Bonchev–Trinajstić information content (AvgIpc) is 3.48. The third kappa shape index (κ3) is 3.69. The van der Waals surface area contributed by atoms with Crippen molar-refractivity contribution in [1.29, 1.82) is 0 Å². The molecule has 0 aromatic heterocycles. The minimum Gasteiger partial charge on any atom is -0.349 e. The number of halogens is 1. The van der Waals surface area contributed by atoms with Crippen molar-refractivity contribution in [2.75, 3.05) is 4.90 Å². The number of nitrogens with zero attached hydrogens (tertiary/aromatic N) is 1. The molecule has 4 aliphatic carbocycles. The Morgan fingerprint density at radius 2 is 1.71 bits per heavy atom. The van der Waals surface area contributed by atoms with Gasteiger partial charge in [0.2, 0.25) is 11.8 Å². The highest BCUT2D eigenvalue weighted by atomic mass is 35.5. The molecule has 5 aliphatic rings. The highest BCUT2D eigenvalue weighted by Crippen LogP contribution is 2.65. The molecule has 0 spiro atoms. The number of carbonyl (C=O) groups is 2. The number of rotatable bonds is 3. The molecule has 4 nitrogen and oxygen atoms in total. The standard InChI is InChI=1S/C30H39ClN2O2/c1-29-17-15-24-22(11-14-26-30(24,2)18-16-27(34)32-26)23(29)12-13-25(29)28(35)33(20-5-3-4-6-20)21-9-7-19(31)8-10-21/h7-10,16,18,20,22-26H,3-6,11-15,17H2,1-2H3,(H,32,34)/t22-,23-,24+,25?,26?,29-,30+/m0/s1. The Morgan fingerprint density at radius 3 is 2.46 bits per heavy atom. The van der Waals surface area contributed by atoms with Gasteiger partial charge in [-0.2, -0.15) is 0 Å². The molecule has 4 fully saturated rings. The number of amides is 2. The highest BCUT2D eigenvalue weighted by molar-refractivity contribution is 6.30. The molecule has 1 N–H and O–H groups in total. The van der Waals surface area contributed by atoms with E-state index < -0.39 is 0 Å². The Morgan fingerprint density at radius 1 is 0.971 bits per heavy atom. The van der Waals surface area contributed by atoms with Gasteiger partial charge in [0.25, 0.3) is 0 Å². The second-order valence-corrected chi connectivity index (χ2v) is 12.9. The fraction of sp³-hybridized carbons (Fsp3) is 0.667. The Bertz CT molecular complexity index is 1030. The molecule has 1 aromatic carbocycles.